The maximum atomic E-state index is 6.18. The number of benzene rings is 1. The third-order valence-corrected chi connectivity index (χ3v) is 4.55. The first-order valence-corrected chi connectivity index (χ1v) is 8.29. The second-order valence-electron chi connectivity index (χ2n) is 6.06. The number of hydrogen-bond donors (Lipinski definition) is 1. The van der Waals surface area contributed by atoms with E-state index in [9.17, 15) is 0 Å². The maximum absolute atomic E-state index is 6.18. The van der Waals surface area contributed by atoms with Crippen LogP contribution in [-0.4, -0.2) is 32.8 Å². The van der Waals surface area contributed by atoms with Gasteiger partial charge in [0.1, 0.15) is 0 Å². The van der Waals surface area contributed by atoms with E-state index in [-0.39, 0.29) is 6.04 Å². The van der Waals surface area contributed by atoms with Gasteiger partial charge in [-0.1, -0.05) is 18.5 Å². The van der Waals surface area contributed by atoms with E-state index in [1.165, 1.54) is 24.1 Å². The van der Waals surface area contributed by atoms with Crippen molar-refractivity contribution in [3.63, 3.8) is 0 Å². The van der Waals surface area contributed by atoms with Gasteiger partial charge in [0.05, 0.1) is 6.61 Å². The van der Waals surface area contributed by atoms with E-state index < -0.39 is 0 Å². The summed E-state index contributed by atoms with van der Waals surface area (Å²) in [6, 6.07) is 6.40. The lowest BCUT2D eigenvalue weighted by atomic mass is 9.96. The van der Waals surface area contributed by atoms with Crippen molar-refractivity contribution in [2.75, 3.05) is 31.7 Å². The molecule has 0 aromatic heterocycles. The Kier molecular flexibility index (Phi) is 6.34. The summed E-state index contributed by atoms with van der Waals surface area (Å²) < 4.78 is 5.33. The van der Waals surface area contributed by atoms with Crippen LogP contribution in [0.15, 0.2) is 18.2 Å². The van der Waals surface area contributed by atoms with Crippen molar-refractivity contribution in [1.82, 2.24) is 0 Å². The van der Waals surface area contributed by atoms with Crippen molar-refractivity contribution in [3.8, 4) is 0 Å². The Morgan fingerprint density at radius 1 is 1.48 bits per heavy atom. The van der Waals surface area contributed by atoms with E-state index in [2.05, 4.69) is 24.0 Å². The van der Waals surface area contributed by atoms with Gasteiger partial charge >= 0.3 is 0 Å². The summed E-state index contributed by atoms with van der Waals surface area (Å²) in [5, 5.41) is 0.794. The number of piperidine rings is 1. The molecule has 0 amide bonds. The zero-order valence-corrected chi connectivity index (χ0v) is 13.9. The molecule has 2 atom stereocenters. The molecule has 0 aliphatic carbocycles. The minimum atomic E-state index is 0.196. The molecule has 1 aliphatic heterocycles. The molecule has 1 saturated heterocycles. The summed E-state index contributed by atoms with van der Waals surface area (Å²) in [5.74, 6) is 0.618. The molecule has 0 saturated carbocycles. The van der Waals surface area contributed by atoms with Gasteiger partial charge in [-0.15, -0.1) is 0 Å². The Morgan fingerprint density at radius 3 is 3.00 bits per heavy atom. The molecular formula is C17H27ClN2O. The predicted octanol–water partition coefficient (Wildman–Crippen LogP) is 3.48. The molecule has 2 N–H and O–H groups in total. The van der Waals surface area contributed by atoms with Gasteiger partial charge in [0.2, 0.25) is 0 Å². The molecule has 1 aromatic carbocycles. The highest BCUT2D eigenvalue weighted by molar-refractivity contribution is 6.30. The zero-order valence-electron chi connectivity index (χ0n) is 13.1. The average Bonchev–Trinajstić information content (AvgIpc) is 2.48. The molecule has 0 bridgehead atoms. The van der Waals surface area contributed by atoms with Crippen LogP contribution < -0.4 is 10.6 Å². The van der Waals surface area contributed by atoms with Gasteiger partial charge in [-0.2, -0.15) is 0 Å². The zero-order chi connectivity index (χ0) is 15.2. The largest absolute Gasteiger partial charge is 0.384 e. The lowest BCUT2D eigenvalue weighted by Crippen LogP contribution is -2.38. The van der Waals surface area contributed by atoms with Gasteiger partial charge < -0.3 is 15.4 Å². The number of hydrogen-bond acceptors (Lipinski definition) is 3. The number of anilines is 1. The molecular weight excluding hydrogens is 284 g/mol. The highest BCUT2D eigenvalue weighted by Gasteiger charge is 2.22. The summed E-state index contributed by atoms with van der Waals surface area (Å²) in [7, 11) is 1.78. The Hall–Kier alpha value is -0.770. The summed E-state index contributed by atoms with van der Waals surface area (Å²) >= 11 is 6.18. The quantitative estimate of drug-likeness (QED) is 0.874. The summed E-state index contributed by atoms with van der Waals surface area (Å²) in [6.45, 7) is 5.14. The molecule has 21 heavy (non-hydrogen) atoms. The van der Waals surface area contributed by atoms with Crippen LogP contribution in [0.5, 0.6) is 0 Å². The lowest BCUT2D eigenvalue weighted by Gasteiger charge is -2.35. The predicted molar refractivity (Wildman–Crippen MR) is 90.2 cm³/mol. The SMILES string of the molecule is CCC(N)Cc1cc(Cl)ccc1N1CCCC(COC)C1. The van der Waals surface area contributed by atoms with E-state index in [4.69, 9.17) is 22.1 Å². The summed E-state index contributed by atoms with van der Waals surface area (Å²) in [4.78, 5) is 2.47. The molecule has 3 nitrogen and oxygen atoms in total. The van der Waals surface area contributed by atoms with Crippen LogP contribution in [0.4, 0.5) is 5.69 Å². The molecule has 1 fully saturated rings. The highest BCUT2D eigenvalue weighted by Crippen LogP contribution is 2.29. The van der Waals surface area contributed by atoms with Crippen molar-refractivity contribution in [1.29, 1.82) is 0 Å². The van der Waals surface area contributed by atoms with Crippen molar-refractivity contribution in [2.24, 2.45) is 11.7 Å². The van der Waals surface area contributed by atoms with E-state index in [0.29, 0.717) is 5.92 Å². The van der Waals surface area contributed by atoms with Crippen molar-refractivity contribution in [3.05, 3.63) is 28.8 Å². The van der Waals surface area contributed by atoms with Gasteiger partial charge in [0.25, 0.3) is 0 Å². The lowest BCUT2D eigenvalue weighted by molar-refractivity contribution is 0.143. The molecule has 0 spiro atoms. The maximum Gasteiger partial charge on any atom is 0.0507 e. The second kappa shape index (κ2) is 8.02. The topological polar surface area (TPSA) is 38.5 Å². The standard InChI is InChI=1S/C17H27ClN2O/c1-3-16(19)10-14-9-15(18)6-7-17(14)20-8-4-5-13(11-20)12-21-2/h6-7,9,13,16H,3-5,8,10-12,19H2,1-2H3. The number of halogens is 1. The van der Waals surface area contributed by atoms with Crippen LogP contribution in [0.25, 0.3) is 0 Å². The van der Waals surface area contributed by atoms with E-state index >= 15 is 0 Å². The first-order chi connectivity index (χ1) is 10.1. The molecule has 1 aromatic rings. The first-order valence-electron chi connectivity index (χ1n) is 7.92. The van der Waals surface area contributed by atoms with Crippen LogP contribution >= 0.6 is 11.6 Å². The fourth-order valence-corrected chi connectivity index (χ4v) is 3.30. The third-order valence-electron chi connectivity index (χ3n) is 4.31. The van der Waals surface area contributed by atoms with Crippen molar-refractivity contribution in [2.45, 2.75) is 38.6 Å². The Labute approximate surface area is 133 Å². The van der Waals surface area contributed by atoms with Crippen molar-refractivity contribution >= 4 is 17.3 Å². The van der Waals surface area contributed by atoms with Gasteiger partial charge in [0, 0.05) is 37.0 Å². The van der Waals surface area contributed by atoms with E-state index in [1.807, 2.05) is 6.07 Å². The van der Waals surface area contributed by atoms with Crippen LogP contribution in [-0.2, 0) is 11.2 Å². The molecule has 2 unspecified atom stereocenters. The summed E-state index contributed by atoms with van der Waals surface area (Å²) in [6.07, 6.45) is 4.34. The molecule has 118 valence electrons. The van der Waals surface area contributed by atoms with Gasteiger partial charge in [-0.05, 0) is 55.4 Å². The monoisotopic (exact) mass is 310 g/mol. The number of nitrogens with zero attached hydrogens (tertiary/aromatic N) is 1. The van der Waals surface area contributed by atoms with Crippen LogP contribution in [0.2, 0.25) is 5.02 Å². The molecule has 2 rings (SSSR count). The number of methoxy groups -OCH3 is 1. The minimum Gasteiger partial charge on any atom is -0.384 e. The van der Waals surface area contributed by atoms with E-state index in [0.717, 1.165) is 37.6 Å². The Bertz CT molecular complexity index is 450. The number of nitrogens with two attached hydrogens (primary N) is 1. The molecule has 0 radical (unpaired) electrons. The Morgan fingerprint density at radius 2 is 2.29 bits per heavy atom. The highest BCUT2D eigenvalue weighted by atomic mass is 35.5. The molecule has 4 heteroatoms. The smallest absolute Gasteiger partial charge is 0.0507 e. The van der Waals surface area contributed by atoms with Crippen LogP contribution in [0.3, 0.4) is 0 Å². The number of rotatable bonds is 6. The van der Waals surface area contributed by atoms with Gasteiger partial charge in [-0.3, -0.25) is 0 Å². The van der Waals surface area contributed by atoms with Gasteiger partial charge in [-0.25, -0.2) is 0 Å². The molecule has 1 aliphatic rings. The Balaban J connectivity index is 2.17. The fourth-order valence-electron chi connectivity index (χ4n) is 3.11. The van der Waals surface area contributed by atoms with E-state index in [1.54, 1.807) is 7.11 Å². The van der Waals surface area contributed by atoms with Gasteiger partial charge in [0.15, 0.2) is 0 Å². The number of ether oxygens (including phenoxy) is 1. The summed E-state index contributed by atoms with van der Waals surface area (Å²) in [5.41, 5.74) is 8.72. The normalized spacial score (nSPS) is 20.6. The average molecular weight is 311 g/mol. The van der Waals surface area contributed by atoms with Crippen molar-refractivity contribution < 1.29 is 4.74 Å². The fraction of sp³-hybridized carbons (Fsp3) is 0.647. The second-order valence-corrected chi connectivity index (χ2v) is 6.49. The van der Waals surface area contributed by atoms with Crippen LogP contribution in [0.1, 0.15) is 31.7 Å². The first kappa shape index (κ1) is 16.6. The third kappa shape index (κ3) is 4.60. The van der Waals surface area contributed by atoms with Crippen LogP contribution in [0, 0.1) is 5.92 Å². The minimum absolute atomic E-state index is 0.196. The molecule has 1 heterocycles.